The zero-order chi connectivity index (χ0) is 14.7. The Bertz CT molecular complexity index is 629. The lowest BCUT2D eigenvalue weighted by atomic mass is 10.0. The van der Waals surface area contributed by atoms with Gasteiger partial charge in [-0.25, -0.2) is 9.97 Å². The number of nitrogens with one attached hydrogen (secondary N) is 1. The highest BCUT2D eigenvalue weighted by molar-refractivity contribution is 5.64. The fourth-order valence-corrected chi connectivity index (χ4v) is 2.84. The first kappa shape index (κ1) is 13.7. The summed E-state index contributed by atoms with van der Waals surface area (Å²) in [6.45, 7) is 1.82. The van der Waals surface area contributed by atoms with Gasteiger partial charge in [0.15, 0.2) is 11.6 Å². The van der Waals surface area contributed by atoms with Crippen molar-refractivity contribution in [3.8, 4) is 5.75 Å². The molecule has 2 heterocycles. The summed E-state index contributed by atoms with van der Waals surface area (Å²) in [4.78, 5) is 10.9. The summed E-state index contributed by atoms with van der Waals surface area (Å²) in [6.07, 6.45) is 3.80. The first-order valence-corrected chi connectivity index (χ1v) is 7.22. The molecule has 0 radical (unpaired) electrons. The molecule has 1 aliphatic rings. The van der Waals surface area contributed by atoms with Crippen LogP contribution in [0.3, 0.4) is 0 Å². The molecule has 110 valence electrons. The molecule has 21 heavy (non-hydrogen) atoms. The molecule has 1 aromatic heterocycles. The Kier molecular flexibility index (Phi) is 3.90. The van der Waals surface area contributed by atoms with Crippen LogP contribution in [-0.2, 0) is 13.0 Å². The second-order valence-electron chi connectivity index (χ2n) is 5.12. The minimum Gasteiger partial charge on any atom is -0.490 e. The van der Waals surface area contributed by atoms with Crippen LogP contribution in [0, 0.1) is 0 Å². The lowest BCUT2D eigenvalue weighted by molar-refractivity contribution is 0.412. The normalized spacial score (nSPS) is 14.3. The molecule has 0 unspecified atom stereocenters. The third kappa shape index (κ3) is 2.63. The van der Waals surface area contributed by atoms with Gasteiger partial charge in [-0.3, -0.25) is 0 Å². The molecule has 0 saturated heterocycles. The summed E-state index contributed by atoms with van der Waals surface area (Å²) >= 11 is 0. The van der Waals surface area contributed by atoms with Crippen molar-refractivity contribution in [3.05, 3.63) is 41.7 Å². The third-order valence-electron chi connectivity index (χ3n) is 3.88. The summed E-state index contributed by atoms with van der Waals surface area (Å²) in [5.41, 5.74) is 2.79. The van der Waals surface area contributed by atoms with Gasteiger partial charge in [0.05, 0.1) is 7.11 Å². The number of aryl methyl sites for hydroxylation is 1. The highest BCUT2D eigenvalue weighted by atomic mass is 16.5. The van der Waals surface area contributed by atoms with Crippen LogP contribution in [-0.4, -0.2) is 30.7 Å². The minimum atomic E-state index is 0.708. The molecule has 0 aliphatic carbocycles. The quantitative estimate of drug-likeness (QED) is 0.938. The minimum absolute atomic E-state index is 0.708. The Morgan fingerprint density at radius 3 is 2.76 bits per heavy atom. The maximum Gasteiger partial charge on any atom is 0.204 e. The van der Waals surface area contributed by atoms with Crippen molar-refractivity contribution in [3.63, 3.8) is 0 Å². The lowest BCUT2D eigenvalue weighted by Gasteiger charge is -2.24. The number of anilines is 2. The second-order valence-corrected chi connectivity index (χ2v) is 5.12. The van der Waals surface area contributed by atoms with Crippen molar-refractivity contribution in [1.29, 1.82) is 0 Å². The molecule has 3 rings (SSSR count). The molecular weight excluding hydrogens is 264 g/mol. The van der Waals surface area contributed by atoms with Crippen LogP contribution in [0.4, 0.5) is 11.6 Å². The van der Waals surface area contributed by atoms with E-state index in [-0.39, 0.29) is 0 Å². The molecule has 2 aromatic rings. The topological polar surface area (TPSA) is 50.3 Å². The maximum absolute atomic E-state index is 5.52. The maximum atomic E-state index is 5.52. The van der Waals surface area contributed by atoms with E-state index in [2.05, 4.69) is 44.5 Å². The zero-order valence-corrected chi connectivity index (χ0v) is 12.5. The van der Waals surface area contributed by atoms with Crippen LogP contribution < -0.4 is 15.0 Å². The van der Waals surface area contributed by atoms with E-state index in [4.69, 9.17) is 4.74 Å². The van der Waals surface area contributed by atoms with Gasteiger partial charge in [0.2, 0.25) is 5.75 Å². The smallest absolute Gasteiger partial charge is 0.204 e. The first-order valence-electron chi connectivity index (χ1n) is 7.22. The molecule has 1 aliphatic heterocycles. The van der Waals surface area contributed by atoms with Gasteiger partial charge >= 0.3 is 0 Å². The monoisotopic (exact) mass is 284 g/mol. The molecule has 0 spiro atoms. The van der Waals surface area contributed by atoms with Crippen LogP contribution in [0.2, 0.25) is 0 Å². The van der Waals surface area contributed by atoms with Crippen LogP contribution in [0.25, 0.3) is 0 Å². The van der Waals surface area contributed by atoms with Gasteiger partial charge in [-0.1, -0.05) is 24.3 Å². The SMILES string of the molecule is CNc1ncnc(N2CCCc3ccccc3C2)c1OC. The average Bonchev–Trinajstić information content (AvgIpc) is 2.76. The van der Waals surface area contributed by atoms with E-state index in [0.29, 0.717) is 5.75 Å². The number of aromatic nitrogens is 2. The number of nitrogens with zero attached hydrogens (tertiary/aromatic N) is 3. The summed E-state index contributed by atoms with van der Waals surface area (Å²) < 4.78 is 5.52. The van der Waals surface area contributed by atoms with Gasteiger partial charge in [-0.2, -0.15) is 0 Å². The van der Waals surface area contributed by atoms with Crippen molar-refractivity contribution in [2.45, 2.75) is 19.4 Å². The molecule has 1 N–H and O–H groups in total. The van der Waals surface area contributed by atoms with Gasteiger partial charge in [0.25, 0.3) is 0 Å². The molecule has 0 amide bonds. The van der Waals surface area contributed by atoms with E-state index >= 15 is 0 Å². The highest BCUT2D eigenvalue weighted by Crippen LogP contribution is 2.33. The fraction of sp³-hybridized carbons (Fsp3) is 0.375. The van der Waals surface area contributed by atoms with E-state index in [1.54, 1.807) is 13.4 Å². The molecule has 5 heteroatoms. The van der Waals surface area contributed by atoms with E-state index in [0.717, 1.165) is 37.6 Å². The molecular formula is C16H20N4O. The van der Waals surface area contributed by atoms with E-state index in [9.17, 15) is 0 Å². The Labute approximate surface area is 125 Å². The van der Waals surface area contributed by atoms with Crippen molar-refractivity contribution in [2.24, 2.45) is 0 Å². The summed E-state index contributed by atoms with van der Waals surface area (Å²) in [5, 5.41) is 3.06. The van der Waals surface area contributed by atoms with E-state index in [1.807, 2.05) is 7.05 Å². The number of ether oxygens (including phenoxy) is 1. The number of hydrogen-bond donors (Lipinski definition) is 1. The number of methoxy groups -OCH3 is 1. The first-order chi connectivity index (χ1) is 10.3. The largest absolute Gasteiger partial charge is 0.490 e. The van der Waals surface area contributed by atoms with Crippen molar-refractivity contribution < 1.29 is 4.74 Å². The average molecular weight is 284 g/mol. The van der Waals surface area contributed by atoms with Crippen molar-refractivity contribution in [1.82, 2.24) is 9.97 Å². The molecule has 1 aromatic carbocycles. The summed E-state index contributed by atoms with van der Waals surface area (Å²) in [7, 11) is 3.50. The van der Waals surface area contributed by atoms with Gasteiger partial charge < -0.3 is 15.0 Å². The summed E-state index contributed by atoms with van der Waals surface area (Å²) in [5.74, 6) is 2.29. The fourth-order valence-electron chi connectivity index (χ4n) is 2.84. The summed E-state index contributed by atoms with van der Waals surface area (Å²) in [6, 6.07) is 8.62. The van der Waals surface area contributed by atoms with Crippen molar-refractivity contribution in [2.75, 3.05) is 30.9 Å². The lowest BCUT2D eigenvalue weighted by Crippen LogP contribution is -2.24. The van der Waals surface area contributed by atoms with Crippen LogP contribution in [0.5, 0.6) is 5.75 Å². The molecule has 0 atom stereocenters. The van der Waals surface area contributed by atoms with Gasteiger partial charge in [0.1, 0.15) is 6.33 Å². The molecule has 0 saturated carbocycles. The number of benzene rings is 1. The van der Waals surface area contributed by atoms with Gasteiger partial charge in [-0.15, -0.1) is 0 Å². The van der Waals surface area contributed by atoms with Crippen LogP contribution in [0.15, 0.2) is 30.6 Å². The van der Waals surface area contributed by atoms with E-state index in [1.165, 1.54) is 11.1 Å². The van der Waals surface area contributed by atoms with Crippen molar-refractivity contribution >= 4 is 11.6 Å². The number of rotatable bonds is 3. The Hall–Kier alpha value is -2.30. The van der Waals surface area contributed by atoms with E-state index < -0.39 is 0 Å². The van der Waals surface area contributed by atoms with Gasteiger partial charge in [0, 0.05) is 20.1 Å². The zero-order valence-electron chi connectivity index (χ0n) is 12.5. The number of hydrogen-bond acceptors (Lipinski definition) is 5. The van der Waals surface area contributed by atoms with Crippen LogP contribution in [0.1, 0.15) is 17.5 Å². The second kappa shape index (κ2) is 5.99. The molecule has 0 bridgehead atoms. The number of fused-ring (bicyclic) bond motifs is 1. The molecule has 0 fully saturated rings. The Morgan fingerprint density at radius 2 is 2.00 bits per heavy atom. The Balaban J connectivity index is 1.98. The standard InChI is InChI=1S/C16H20N4O/c1-17-15-14(21-2)16(19-11-18-15)20-9-5-8-12-6-3-4-7-13(12)10-20/h3-4,6-7,11H,5,8-10H2,1-2H3,(H,17,18,19). The Morgan fingerprint density at radius 1 is 1.19 bits per heavy atom. The van der Waals surface area contributed by atoms with Crippen LogP contribution >= 0.6 is 0 Å². The third-order valence-corrected chi connectivity index (χ3v) is 3.88. The predicted octanol–water partition coefficient (Wildman–Crippen LogP) is 2.48. The highest BCUT2D eigenvalue weighted by Gasteiger charge is 2.20. The molecule has 5 nitrogen and oxygen atoms in total. The predicted molar refractivity (Wildman–Crippen MR) is 83.9 cm³/mol. The van der Waals surface area contributed by atoms with Gasteiger partial charge in [-0.05, 0) is 24.0 Å².